The van der Waals surface area contributed by atoms with Gasteiger partial charge in [-0.25, -0.2) is 4.79 Å². The maximum absolute atomic E-state index is 12.3. The molecule has 128 valence electrons. The Morgan fingerprint density at radius 2 is 2.42 bits per heavy atom. The third-order valence-corrected chi connectivity index (χ3v) is 5.38. The largest absolute Gasteiger partial charge is 0.376 e. The number of thiophene rings is 1. The number of urea groups is 1. The molecule has 2 amide bonds. The molecule has 2 fully saturated rings. The summed E-state index contributed by atoms with van der Waals surface area (Å²) in [7, 11) is 0. The highest BCUT2D eigenvalue weighted by Crippen LogP contribution is 2.28. The fourth-order valence-electron chi connectivity index (χ4n) is 3.17. The lowest BCUT2D eigenvalue weighted by Crippen LogP contribution is -2.41. The maximum Gasteiger partial charge on any atom is 0.317 e. The van der Waals surface area contributed by atoms with Crippen molar-refractivity contribution in [3.05, 3.63) is 23.3 Å². The van der Waals surface area contributed by atoms with Gasteiger partial charge in [0.15, 0.2) is 5.82 Å². The summed E-state index contributed by atoms with van der Waals surface area (Å²) < 4.78 is 10.9. The second-order valence-electron chi connectivity index (χ2n) is 6.19. The third kappa shape index (κ3) is 3.29. The van der Waals surface area contributed by atoms with E-state index in [0.29, 0.717) is 31.3 Å². The summed E-state index contributed by atoms with van der Waals surface area (Å²) >= 11 is 1.57. The Bertz CT molecular complexity index is 681. The van der Waals surface area contributed by atoms with Crippen molar-refractivity contribution in [3.8, 4) is 10.8 Å². The molecule has 24 heavy (non-hydrogen) atoms. The first-order chi connectivity index (χ1) is 11.8. The van der Waals surface area contributed by atoms with E-state index >= 15 is 0 Å². The monoisotopic (exact) mass is 348 g/mol. The van der Waals surface area contributed by atoms with Gasteiger partial charge in [0.2, 0.25) is 0 Å². The molecule has 2 aliphatic heterocycles. The molecule has 0 bridgehead atoms. The van der Waals surface area contributed by atoms with E-state index < -0.39 is 0 Å². The highest BCUT2D eigenvalue weighted by molar-refractivity contribution is 7.13. The van der Waals surface area contributed by atoms with E-state index in [1.807, 2.05) is 22.4 Å². The van der Waals surface area contributed by atoms with Gasteiger partial charge in [-0.15, -0.1) is 11.3 Å². The molecule has 2 saturated heterocycles. The zero-order chi connectivity index (χ0) is 16.4. The van der Waals surface area contributed by atoms with Gasteiger partial charge in [-0.05, 0) is 30.7 Å². The van der Waals surface area contributed by atoms with Gasteiger partial charge >= 0.3 is 6.03 Å². The van der Waals surface area contributed by atoms with Crippen LogP contribution in [0, 0.1) is 0 Å². The van der Waals surface area contributed by atoms with Crippen LogP contribution in [-0.2, 0) is 4.74 Å². The van der Waals surface area contributed by atoms with Crippen molar-refractivity contribution < 1.29 is 14.1 Å². The number of ether oxygens (including phenoxy) is 1. The van der Waals surface area contributed by atoms with Crippen LogP contribution in [-0.4, -0.2) is 53.4 Å². The Morgan fingerprint density at radius 1 is 1.46 bits per heavy atom. The van der Waals surface area contributed by atoms with E-state index in [9.17, 15) is 4.79 Å². The summed E-state index contributed by atoms with van der Waals surface area (Å²) in [6.07, 6.45) is 3.13. The number of amides is 2. The summed E-state index contributed by atoms with van der Waals surface area (Å²) in [5.41, 5.74) is 0. The quantitative estimate of drug-likeness (QED) is 0.918. The molecule has 2 aliphatic rings. The fourth-order valence-corrected chi connectivity index (χ4v) is 3.82. The van der Waals surface area contributed by atoms with Gasteiger partial charge in [-0.3, -0.25) is 0 Å². The molecule has 2 aromatic heterocycles. The SMILES string of the molecule is O=C(NC[C@H]1CCCO1)N1CC[C@H](c2noc(-c3cccs3)n2)C1. The van der Waals surface area contributed by atoms with Crippen molar-refractivity contribution >= 4 is 17.4 Å². The average Bonchev–Trinajstić information content (AvgIpc) is 3.40. The van der Waals surface area contributed by atoms with Crippen molar-refractivity contribution in [1.82, 2.24) is 20.4 Å². The Labute approximate surface area is 144 Å². The van der Waals surface area contributed by atoms with Crippen LogP contribution in [0.25, 0.3) is 10.8 Å². The normalized spacial score (nSPS) is 23.8. The molecule has 2 atom stereocenters. The molecule has 8 heteroatoms. The molecular formula is C16H20N4O3S. The number of carbonyl (C=O) groups excluding carboxylic acids is 1. The Kier molecular flexibility index (Phi) is 4.48. The summed E-state index contributed by atoms with van der Waals surface area (Å²) in [6, 6.07) is 3.89. The minimum atomic E-state index is -0.0324. The molecule has 1 N–H and O–H groups in total. The molecule has 0 aromatic carbocycles. The van der Waals surface area contributed by atoms with E-state index in [1.54, 1.807) is 11.3 Å². The third-order valence-electron chi connectivity index (χ3n) is 4.52. The predicted octanol–water partition coefficient (Wildman–Crippen LogP) is 2.48. The van der Waals surface area contributed by atoms with Crippen LogP contribution >= 0.6 is 11.3 Å². The van der Waals surface area contributed by atoms with Gasteiger partial charge in [-0.1, -0.05) is 11.2 Å². The first-order valence-electron chi connectivity index (χ1n) is 8.31. The zero-order valence-corrected chi connectivity index (χ0v) is 14.1. The van der Waals surface area contributed by atoms with Crippen LogP contribution in [0.2, 0.25) is 0 Å². The first kappa shape index (κ1) is 15.6. The van der Waals surface area contributed by atoms with E-state index in [0.717, 1.165) is 30.7 Å². The van der Waals surface area contributed by atoms with Gasteiger partial charge < -0.3 is 19.5 Å². The second kappa shape index (κ2) is 6.90. The predicted molar refractivity (Wildman–Crippen MR) is 88.9 cm³/mol. The zero-order valence-electron chi connectivity index (χ0n) is 13.3. The van der Waals surface area contributed by atoms with Crippen LogP contribution in [0.15, 0.2) is 22.0 Å². The fraction of sp³-hybridized carbons (Fsp3) is 0.562. The minimum absolute atomic E-state index is 0.0324. The van der Waals surface area contributed by atoms with E-state index in [-0.39, 0.29) is 18.1 Å². The van der Waals surface area contributed by atoms with Crippen molar-refractivity contribution in [2.75, 3.05) is 26.2 Å². The lowest BCUT2D eigenvalue weighted by molar-refractivity contribution is 0.109. The van der Waals surface area contributed by atoms with Crippen molar-refractivity contribution in [1.29, 1.82) is 0 Å². The van der Waals surface area contributed by atoms with E-state index in [2.05, 4.69) is 15.5 Å². The van der Waals surface area contributed by atoms with E-state index in [4.69, 9.17) is 9.26 Å². The molecule has 0 spiro atoms. The van der Waals surface area contributed by atoms with Gasteiger partial charge in [0.25, 0.3) is 5.89 Å². The number of aromatic nitrogens is 2. The van der Waals surface area contributed by atoms with Gasteiger partial charge in [0.1, 0.15) is 0 Å². The number of likely N-dealkylation sites (tertiary alicyclic amines) is 1. The standard InChI is InChI=1S/C16H20N4O3S/c21-16(17-9-12-3-1-7-22-12)20-6-5-11(10-20)14-18-15(23-19-14)13-4-2-8-24-13/h2,4,8,11-12H,1,3,5-7,9-10H2,(H,17,21)/t11-,12+/m0/s1. The van der Waals surface area contributed by atoms with Gasteiger partial charge in [0.05, 0.1) is 11.0 Å². The van der Waals surface area contributed by atoms with Gasteiger partial charge in [-0.2, -0.15) is 4.98 Å². The summed E-state index contributed by atoms with van der Waals surface area (Å²) in [5.74, 6) is 1.38. The molecule has 4 rings (SSSR count). The Hall–Kier alpha value is -1.93. The van der Waals surface area contributed by atoms with Crippen molar-refractivity contribution in [2.24, 2.45) is 0 Å². The lowest BCUT2D eigenvalue weighted by atomic mass is 10.1. The highest BCUT2D eigenvalue weighted by Gasteiger charge is 2.31. The van der Waals surface area contributed by atoms with Crippen LogP contribution < -0.4 is 5.32 Å². The topological polar surface area (TPSA) is 80.5 Å². The molecular weight excluding hydrogens is 328 g/mol. The number of carbonyl (C=O) groups is 1. The number of nitrogens with one attached hydrogen (secondary N) is 1. The van der Waals surface area contributed by atoms with Crippen LogP contribution in [0.1, 0.15) is 31.0 Å². The number of rotatable bonds is 4. The van der Waals surface area contributed by atoms with E-state index in [1.165, 1.54) is 0 Å². The molecule has 0 unspecified atom stereocenters. The summed E-state index contributed by atoms with van der Waals surface area (Å²) in [5, 5.41) is 9.05. The lowest BCUT2D eigenvalue weighted by Gasteiger charge is -2.18. The smallest absolute Gasteiger partial charge is 0.317 e. The molecule has 2 aromatic rings. The van der Waals surface area contributed by atoms with Crippen molar-refractivity contribution in [2.45, 2.75) is 31.3 Å². The molecule has 0 radical (unpaired) electrons. The Morgan fingerprint density at radius 3 is 3.21 bits per heavy atom. The second-order valence-corrected chi connectivity index (χ2v) is 7.14. The molecule has 7 nitrogen and oxygen atoms in total. The number of nitrogens with zero attached hydrogens (tertiary/aromatic N) is 3. The van der Waals surface area contributed by atoms with Crippen LogP contribution in [0.5, 0.6) is 0 Å². The van der Waals surface area contributed by atoms with Crippen LogP contribution in [0.4, 0.5) is 4.79 Å². The van der Waals surface area contributed by atoms with Crippen molar-refractivity contribution in [3.63, 3.8) is 0 Å². The van der Waals surface area contributed by atoms with Gasteiger partial charge in [0, 0.05) is 32.2 Å². The Balaban J connectivity index is 1.32. The molecule has 4 heterocycles. The first-order valence-corrected chi connectivity index (χ1v) is 9.19. The number of hydrogen-bond acceptors (Lipinski definition) is 6. The maximum atomic E-state index is 12.3. The number of hydrogen-bond donors (Lipinski definition) is 1. The summed E-state index contributed by atoms with van der Waals surface area (Å²) in [4.78, 5) is 19.5. The molecule has 0 saturated carbocycles. The highest BCUT2D eigenvalue weighted by atomic mass is 32.1. The average molecular weight is 348 g/mol. The van der Waals surface area contributed by atoms with Crippen LogP contribution in [0.3, 0.4) is 0 Å². The summed E-state index contributed by atoms with van der Waals surface area (Å²) in [6.45, 7) is 2.73. The minimum Gasteiger partial charge on any atom is -0.376 e. The molecule has 0 aliphatic carbocycles.